The molecule has 34 heavy (non-hydrogen) atoms. The number of aryl methyl sites for hydroxylation is 1. The molecule has 0 unspecified atom stereocenters. The van der Waals surface area contributed by atoms with Gasteiger partial charge < -0.3 is 0 Å². The van der Waals surface area contributed by atoms with Gasteiger partial charge in [0.05, 0.1) is 16.2 Å². The zero-order chi connectivity index (χ0) is 22.9. The van der Waals surface area contributed by atoms with Crippen molar-refractivity contribution in [1.29, 1.82) is 0 Å². The lowest BCUT2D eigenvalue weighted by molar-refractivity contribution is 0.101. The van der Waals surface area contributed by atoms with Crippen molar-refractivity contribution < 1.29 is 4.79 Å². The summed E-state index contributed by atoms with van der Waals surface area (Å²) in [5.74, 6) is -0.175. The molecule has 1 N–H and O–H groups in total. The van der Waals surface area contributed by atoms with Gasteiger partial charge in [0.1, 0.15) is 0 Å². The Bertz CT molecular complexity index is 1480. The summed E-state index contributed by atoms with van der Waals surface area (Å²) in [5.41, 5.74) is 9.78. The number of carbonyl (C=O) groups is 1. The zero-order valence-corrected chi connectivity index (χ0v) is 20.3. The lowest BCUT2D eigenvalue weighted by Gasteiger charge is -2.15. The number of pyridine rings is 1. The van der Waals surface area contributed by atoms with Gasteiger partial charge >= 0.3 is 0 Å². The average Bonchev–Trinajstić information content (AvgIpc) is 3.13. The molecule has 5 rings (SSSR count). The maximum Gasteiger partial charge on any atom is 0.270 e. The minimum absolute atomic E-state index is 0. The largest absolute Gasteiger partial charge is 0.270 e. The molecule has 1 amide bonds. The van der Waals surface area contributed by atoms with Gasteiger partial charge in [-0.15, -0.1) is 12.4 Å². The highest BCUT2D eigenvalue weighted by atomic mass is 35.5. The maximum atomic E-state index is 12.8. The van der Waals surface area contributed by atoms with E-state index in [9.17, 15) is 4.79 Å². The van der Waals surface area contributed by atoms with Gasteiger partial charge in [0, 0.05) is 33.5 Å². The lowest BCUT2D eigenvalue weighted by Crippen LogP contribution is -2.24. The van der Waals surface area contributed by atoms with Crippen LogP contribution >= 0.6 is 24.0 Å². The second-order valence-electron chi connectivity index (χ2n) is 7.96. The van der Waals surface area contributed by atoms with Crippen LogP contribution in [-0.4, -0.2) is 15.6 Å². The number of nitrogens with one attached hydrogen (secondary N) is 1. The highest BCUT2D eigenvalue weighted by Crippen LogP contribution is 2.41. The topological polar surface area (TPSA) is 46.9 Å². The molecule has 0 saturated heterocycles. The quantitative estimate of drug-likeness (QED) is 0.286. The summed E-state index contributed by atoms with van der Waals surface area (Å²) < 4.78 is 1.79. The molecule has 3 aromatic carbocycles. The van der Waals surface area contributed by atoms with Crippen molar-refractivity contribution in [3.8, 4) is 22.4 Å². The number of nitrogens with zero attached hydrogens (tertiary/aromatic N) is 2. The molecule has 0 bridgehead atoms. The monoisotopic (exact) mass is 487 g/mol. The summed E-state index contributed by atoms with van der Waals surface area (Å²) in [6.07, 6.45) is 0. The number of benzene rings is 3. The molecule has 2 aromatic heterocycles. The highest BCUT2D eigenvalue weighted by Gasteiger charge is 2.21. The second-order valence-corrected chi connectivity index (χ2v) is 8.34. The minimum atomic E-state index is -0.175. The van der Waals surface area contributed by atoms with Crippen molar-refractivity contribution in [2.24, 2.45) is 0 Å². The molecule has 0 radical (unpaired) electrons. The predicted octanol–water partition coefficient (Wildman–Crippen LogP) is 7.45. The van der Waals surface area contributed by atoms with Crippen molar-refractivity contribution >= 4 is 40.8 Å². The van der Waals surface area contributed by atoms with E-state index in [1.54, 1.807) is 16.8 Å². The molecule has 2 heterocycles. The van der Waals surface area contributed by atoms with Crippen molar-refractivity contribution in [2.45, 2.75) is 13.8 Å². The summed E-state index contributed by atoms with van der Waals surface area (Å²) in [4.78, 5) is 17.7. The SMILES string of the molecule is Cc1cc(-c2nc3ccccc3c(-c3ccccc3)c2Cl)c(C)n1NC(=O)c1ccccc1.Cl. The summed E-state index contributed by atoms with van der Waals surface area (Å²) in [7, 11) is 0. The molecule has 170 valence electrons. The first-order chi connectivity index (χ1) is 16.0. The van der Waals surface area contributed by atoms with Gasteiger partial charge in [0.2, 0.25) is 0 Å². The van der Waals surface area contributed by atoms with Crippen LogP contribution in [0.5, 0.6) is 0 Å². The van der Waals surface area contributed by atoms with Crippen LogP contribution < -0.4 is 5.43 Å². The van der Waals surface area contributed by atoms with Crippen LogP contribution in [0.25, 0.3) is 33.3 Å². The molecule has 5 aromatic rings. The van der Waals surface area contributed by atoms with Gasteiger partial charge in [-0.2, -0.15) is 0 Å². The molecule has 0 aliphatic rings. The highest BCUT2D eigenvalue weighted by molar-refractivity contribution is 6.37. The number of rotatable bonds is 4. The van der Waals surface area contributed by atoms with E-state index in [1.807, 2.05) is 80.6 Å². The molecule has 4 nitrogen and oxygen atoms in total. The third kappa shape index (κ3) is 4.18. The van der Waals surface area contributed by atoms with Crippen LogP contribution in [0.2, 0.25) is 5.02 Å². The Labute approximate surface area is 209 Å². The van der Waals surface area contributed by atoms with Crippen LogP contribution in [-0.2, 0) is 0 Å². The number of fused-ring (bicyclic) bond motifs is 1. The molecule has 0 aliphatic heterocycles. The zero-order valence-electron chi connectivity index (χ0n) is 18.7. The fraction of sp³-hybridized carbons (Fsp3) is 0.0714. The smallest absolute Gasteiger partial charge is 0.267 e. The van der Waals surface area contributed by atoms with E-state index in [-0.39, 0.29) is 18.3 Å². The Balaban J connectivity index is 0.00000274. The molecule has 0 aliphatic carbocycles. The third-order valence-electron chi connectivity index (χ3n) is 5.83. The van der Waals surface area contributed by atoms with Gasteiger partial charge in [-0.25, -0.2) is 4.98 Å². The molecule has 0 fully saturated rings. The van der Waals surface area contributed by atoms with Crippen molar-refractivity contribution in [2.75, 3.05) is 5.43 Å². The first kappa shape index (κ1) is 23.6. The summed E-state index contributed by atoms with van der Waals surface area (Å²) >= 11 is 7.03. The van der Waals surface area contributed by atoms with E-state index >= 15 is 0 Å². The Hall–Kier alpha value is -3.60. The van der Waals surface area contributed by atoms with E-state index in [0.29, 0.717) is 16.3 Å². The molecule has 0 spiro atoms. The van der Waals surface area contributed by atoms with Gasteiger partial charge in [-0.1, -0.05) is 78.3 Å². The van der Waals surface area contributed by atoms with Gasteiger partial charge in [0.15, 0.2) is 0 Å². The summed E-state index contributed by atoms with van der Waals surface area (Å²) in [5, 5.41) is 1.60. The number of halogens is 2. The first-order valence-corrected chi connectivity index (χ1v) is 11.1. The van der Waals surface area contributed by atoms with Crippen LogP contribution in [0.3, 0.4) is 0 Å². The Kier molecular flexibility index (Phi) is 6.73. The van der Waals surface area contributed by atoms with E-state index in [2.05, 4.69) is 17.6 Å². The fourth-order valence-electron chi connectivity index (χ4n) is 4.18. The van der Waals surface area contributed by atoms with Crippen molar-refractivity contribution in [1.82, 2.24) is 9.66 Å². The van der Waals surface area contributed by atoms with Crippen LogP contribution in [0.1, 0.15) is 21.7 Å². The van der Waals surface area contributed by atoms with Crippen molar-refractivity contribution in [3.63, 3.8) is 0 Å². The maximum absolute atomic E-state index is 12.8. The molecular weight excluding hydrogens is 465 g/mol. The van der Waals surface area contributed by atoms with Crippen LogP contribution in [0, 0.1) is 13.8 Å². The third-order valence-corrected chi connectivity index (χ3v) is 6.20. The fourth-order valence-corrected chi connectivity index (χ4v) is 4.54. The van der Waals surface area contributed by atoms with E-state index in [0.717, 1.165) is 39.0 Å². The van der Waals surface area contributed by atoms with E-state index in [1.165, 1.54) is 0 Å². The van der Waals surface area contributed by atoms with Crippen LogP contribution in [0.4, 0.5) is 0 Å². The second kappa shape index (κ2) is 9.72. The number of aromatic nitrogens is 2. The Morgan fingerprint density at radius 1 is 0.882 bits per heavy atom. The van der Waals surface area contributed by atoms with Gasteiger partial charge in [-0.3, -0.25) is 14.9 Å². The lowest BCUT2D eigenvalue weighted by atomic mass is 9.98. The number of hydrogen-bond donors (Lipinski definition) is 1. The first-order valence-electron chi connectivity index (χ1n) is 10.7. The van der Waals surface area contributed by atoms with Gasteiger partial charge in [-0.05, 0) is 43.7 Å². The normalized spacial score (nSPS) is 10.7. The molecule has 0 saturated carbocycles. The number of para-hydroxylation sites is 1. The Morgan fingerprint density at radius 3 is 2.21 bits per heavy atom. The minimum Gasteiger partial charge on any atom is -0.267 e. The van der Waals surface area contributed by atoms with Crippen molar-refractivity contribution in [3.05, 3.63) is 113 Å². The number of amides is 1. The van der Waals surface area contributed by atoms with Gasteiger partial charge in [0.25, 0.3) is 5.91 Å². The summed E-state index contributed by atoms with van der Waals surface area (Å²) in [6.45, 7) is 3.91. The molecule has 0 atom stereocenters. The number of carbonyl (C=O) groups excluding carboxylic acids is 1. The van der Waals surface area contributed by atoms with E-state index in [4.69, 9.17) is 16.6 Å². The Morgan fingerprint density at radius 2 is 1.50 bits per heavy atom. The average molecular weight is 488 g/mol. The van der Waals surface area contributed by atoms with E-state index < -0.39 is 0 Å². The summed E-state index contributed by atoms with van der Waals surface area (Å²) in [6, 6.07) is 29.3. The number of hydrogen-bond acceptors (Lipinski definition) is 2. The van der Waals surface area contributed by atoms with Crippen LogP contribution in [0.15, 0.2) is 91.0 Å². The molecule has 6 heteroatoms. The standard InChI is InChI=1S/C28H22ClN3O.ClH/c1-18-17-23(19(2)32(18)31-28(33)21-13-7-4-8-14-21)27-26(29)25(20-11-5-3-6-12-20)22-15-9-10-16-24(22)30-27;/h3-17H,1-2H3,(H,31,33);1H. The predicted molar refractivity (Wildman–Crippen MR) is 142 cm³/mol. The molecular formula is C28H23Cl2N3O.